The molecule has 0 bridgehead atoms. The Labute approximate surface area is 155 Å². The lowest BCUT2D eigenvalue weighted by Crippen LogP contribution is -2.46. The van der Waals surface area contributed by atoms with Crippen molar-refractivity contribution in [1.29, 1.82) is 0 Å². The number of halogens is 1. The summed E-state index contributed by atoms with van der Waals surface area (Å²) in [4.78, 5) is 37.1. The second-order valence-electron chi connectivity index (χ2n) is 6.40. The number of amides is 2. The molecule has 1 fully saturated rings. The van der Waals surface area contributed by atoms with Gasteiger partial charge in [-0.25, -0.2) is 9.18 Å². The van der Waals surface area contributed by atoms with Crippen LogP contribution in [0, 0.1) is 5.82 Å². The SMILES string of the molecule is O=C(O)c1ccc(C(=O)NC2CCN(C(=O)c3ccccc3F)CC2)cc1. The quantitative estimate of drug-likeness (QED) is 0.866. The number of carbonyl (C=O) groups excluding carboxylic acids is 2. The minimum absolute atomic E-state index is 0.0542. The van der Waals surface area contributed by atoms with Crippen LogP contribution in [0.2, 0.25) is 0 Å². The van der Waals surface area contributed by atoms with Crippen LogP contribution in [-0.4, -0.2) is 46.9 Å². The summed E-state index contributed by atoms with van der Waals surface area (Å²) in [5, 5.41) is 11.8. The van der Waals surface area contributed by atoms with Gasteiger partial charge in [0.1, 0.15) is 5.82 Å². The molecule has 0 atom stereocenters. The fraction of sp³-hybridized carbons (Fsp3) is 0.250. The van der Waals surface area contributed by atoms with Crippen LogP contribution in [0.4, 0.5) is 4.39 Å². The van der Waals surface area contributed by atoms with E-state index < -0.39 is 11.8 Å². The average Bonchev–Trinajstić information content (AvgIpc) is 2.68. The molecule has 7 heteroatoms. The Morgan fingerprint density at radius 1 is 0.963 bits per heavy atom. The Kier molecular flexibility index (Phi) is 5.49. The average molecular weight is 370 g/mol. The number of aromatic carboxylic acids is 1. The number of hydrogen-bond donors (Lipinski definition) is 2. The van der Waals surface area contributed by atoms with Gasteiger partial charge in [-0.3, -0.25) is 9.59 Å². The van der Waals surface area contributed by atoms with Gasteiger partial charge < -0.3 is 15.3 Å². The predicted molar refractivity (Wildman–Crippen MR) is 96.2 cm³/mol. The Balaban J connectivity index is 1.55. The van der Waals surface area contributed by atoms with Gasteiger partial charge >= 0.3 is 5.97 Å². The number of likely N-dealkylation sites (tertiary alicyclic amines) is 1. The van der Waals surface area contributed by atoms with Crippen LogP contribution in [0.1, 0.15) is 43.9 Å². The highest BCUT2D eigenvalue weighted by atomic mass is 19.1. The van der Waals surface area contributed by atoms with Gasteiger partial charge in [-0.05, 0) is 49.2 Å². The molecule has 0 unspecified atom stereocenters. The molecule has 0 aromatic heterocycles. The third-order valence-corrected chi connectivity index (χ3v) is 4.62. The third kappa shape index (κ3) is 4.31. The van der Waals surface area contributed by atoms with Crippen molar-refractivity contribution >= 4 is 17.8 Å². The summed E-state index contributed by atoms with van der Waals surface area (Å²) >= 11 is 0. The molecule has 2 N–H and O–H groups in total. The van der Waals surface area contributed by atoms with E-state index in [9.17, 15) is 18.8 Å². The zero-order valence-corrected chi connectivity index (χ0v) is 14.5. The number of benzene rings is 2. The van der Waals surface area contributed by atoms with Gasteiger partial charge in [0.25, 0.3) is 11.8 Å². The first-order chi connectivity index (χ1) is 13.0. The van der Waals surface area contributed by atoms with Crippen molar-refractivity contribution in [2.24, 2.45) is 0 Å². The minimum Gasteiger partial charge on any atom is -0.478 e. The Morgan fingerprint density at radius 3 is 2.15 bits per heavy atom. The van der Waals surface area contributed by atoms with E-state index >= 15 is 0 Å². The molecule has 2 aromatic rings. The number of carbonyl (C=O) groups is 3. The topological polar surface area (TPSA) is 86.7 Å². The second kappa shape index (κ2) is 7.99. The summed E-state index contributed by atoms with van der Waals surface area (Å²) in [6.07, 6.45) is 1.14. The van der Waals surface area contributed by atoms with E-state index in [1.165, 1.54) is 42.5 Å². The Morgan fingerprint density at radius 2 is 1.56 bits per heavy atom. The smallest absolute Gasteiger partial charge is 0.335 e. The molecule has 1 aliphatic heterocycles. The number of hydrogen-bond acceptors (Lipinski definition) is 3. The number of carboxylic acid groups (broad SMARTS) is 1. The van der Waals surface area contributed by atoms with Gasteiger partial charge in [0, 0.05) is 24.7 Å². The molecule has 0 saturated carbocycles. The molecule has 2 amide bonds. The molecule has 3 rings (SSSR count). The van der Waals surface area contributed by atoms with Gasteiger partial charge in [0.2, 0.25) is 0 Å². The highest BCUT2D eigenvalue weighted by molar-refractivity contribution is 5.96. The summed E-state index contributed by atoms with van der Waals surface area (Å²) in [5.41, 5.74) is 0.551. The standard InChI is InChI=1S/C20H19FN2O4/c21-17-4-2-1-3-16(17)19(25)23-11-9-15(10-12-23)22-18(24)13-5-7-14(8-6-13)20(26)27/h1-8,15H,9-12H2,(H,22,24)(H,26,27). The van der Waals surface area contributed by atoms with Crippen molar-refractivity contribution in [3.63, 3.8) is 0 Å². The van der Waals surface area contributed by atoms with Crippen LogP contribution in [0.3, 0.4) is 0 Å². The first-order valence-electron chi connectivity index (χ1n) is 8.63. The van der Waals surface area contributed by atoms with E-state index in [1.54, 1.807) is 11.0 Å². The van der Waals surface area contributed by atoms with E-state index in [0.29, 0.717) is 31.5 Å². The zero-order chi connectivity index (χ0) is 19.4. The van der Waals surface area contributed by atoms with E-state index in [-0.39, 0.29) is 29.0 Å². The predicted octanol–water partition coefficient (Wildman–Crippen LogP) is 2.56. The highest BCUT2D eigenvalue weighted by Crippen LogP contribution is 2.16. The maximum atomic E-state index is 13.8. The first-order valence-corrected chi connectivity index (χ1v) is 8.63. The Hall–Kier alpha value is -3.22. The van der Waals surface area contributed by atoms with Gasteiger partial charge in [-0.15, -0.1) is 0 Å². The molecule has 0 spiro atoms. The van der Waals surface area contributed by atoms with Crippen LogP contribution in [0.5, 0.6) is 0 Å². The lowest BCUT2D eigenvalue weighted by molar-refractivity contribution is 0.0682. The third-order valence-electron chi connectivity index (χ3n) is 4.62. The summed E-state index contributed by atoms with van der Waals surface area (Å²) in [6, 6.07) is 11.5. The molecule has 2 aromatic carbocycles. The van der Waals surface area contributed by atoms with Crippen LogP contribution in [0.15, 0.2) is 48.5 Å². The molecule has 0 aliphatic carbocycles. The van der Waals surface area contributed by atoms with Crippen LogP contribution in [-0.2, 0) is 0 Å². The lowest BCUT2D eigenvalue weighted by atomic mass is 10.0. The monoisotopic (exact) mass is 370 g/mol. The van der Waals surface area contributed by atoms with Crippen molar-refractivity contribution in [2.45, 2.75) is 18.9 Å². The lowest BCUT2D eigenvalue weighted by Gasteiger charge is -2.32. The highest BCUT2D eigenvalue weighted by Gasteiger charge is 2.26. The van der Waals surface area contributed by atoms with Crippen LogP contribution >= 0.6 is 0 Å². The van der Waals surface area contributed by atoms with E-state index in [1.807, 2.05) is 0 Å². The molecule has 0 radical (unpaired) electrons. The van der Waals surface area contributed by atoms with Crippen molar-refractivity contribution in [1.82, 2.24) is 10.2 Å². The number of piperidine rings is 1. The number of nitrogens with one attached hydrogen (secondary N) is 1. The largest absolute Gasteiger partial charge is 0.478 e. The zero-order valence-electron chi connectivity index (χ0n) is 14.5. The number of carboxylic acids is 1. The first kappa shape index (κ1) is 18.6. The van der Waals surface area contributed by atoms with Crippen molar-refractivity contribution in [3.05, 3.63) is 71.0 Å². The van der Waals surface area contributed by atoms with Crippen LogP contribution < -0.4 is 5.32 Å². The van der Waals surface area contributed by atoms with E-state index in [0.717, 1.165) is 0 Å². The fourth-order valence-electron chi connectivity index (χ4n) is 3.06. The van der Waals surface area contributed by atoms with Crippen molar-refractivity contribution in [3.8, 4) is 0 Å². The molecule has 140 valence electrons. The molecule has 1 aliphatic rings. The summed E-state index contributed by atoms with van der Waals surface area (Å²) < 4.78 is 13.8. The van der Waals surface area contributed by atoms with Crippen LogP contribution in [0.25, 0.3) is 0 Å². The molecule has 1 saturated heterocycles. The normalized spacial score (nSPS) is 14.6. The fourth-order valence-corrected chi connectivity index (χ4v) is 3.06. The molecule has 1 heterocycles. The molecule has 6 nitrogen and oxygen atoms in total. The van der Waals surface area contributed by atoms with Crippen molar-refractivity contribution in [2.75, 3.05) is 13.1 Å². The van der Waals surface area contributed by atoms with E-state index in [2.05, 4.69) is 5.32 Å². The molecular weight excluding hydrogens is 351 g/mol. The Bertz CT molecular complexity index is 859. The van der Waals surface area contributed by atoms with Gasteiger partial charge in [-0.2, -0.15) is 0 Å². The molecular formula is C20H19FN2O4. The molecule has 27 heavy (non-hydrogen) atoms. The van der Waals surface area contributed by atoms with E-state index in [4.69, 9.17) is 5.11 Å². The second-order valence-corrected chi connectivity index (χ2v) is 6.40. The summed E-state index contributed by atoms with van der Waals surface area (Å²) in [7, 11) is 0. The number of nitrogens with zero attached hydrogens (tertiary/aromatic N) is 1. The van der Waals surface area contributed by atoms with Gasteiger partial charge in [0.05, 0.1) is 11.1 Å². The number of rotatable bonds is 4. The summed E-state index contributed by atoms with van der Waals surface area (Å²) in [5.74, 6) is -2.22. The summed E-state index contributed by atoms with van der Waals surface area (Å²) in [6.45, 7) is 0.853. The van der Waals surface area contributed by atoms with Gasteiger partial charge in [-0.1, -0.05) is 12.1 Å². The van der Waals surface area contributed by atoms with Gasteiger partial charge in [0.15, 0.2) is 0 Å². The van der Waals surface area contributed by atoms with Crippen molar-refractivity contribution < 1.29 is 23.9 Å². The maximum absolute atomic E-state index is 13.8. The maximum Gasteiger partial charge on any atom is 0.335 e. The minimum atomic E-state index is -1.05.